The number of rotatable bonds is 2. The molecule has 0 saturated heterocycles. The molecule has 2 N–H and O–H groups in total. The number of anilines is 1. The van der Waals surface area contributed by atoms with Gasteiger partial charge in [-0.1, -0.05) is 0 Å². The van der Waals surface area contributed by atoms with Gasteiger partial charge in [-0.05, 0) is 61.0 Å². The van der Waals surface area contributed by atoms with Gasteiger partial charge in [0.15, 0.2) is 6.54 Å². The van der Waals surface area contributed by atoms with Crippen LogP contribution in [-0.2, 0) is 6.54 Å². The van der Waals surface area contributed by atoms with Crippen molar-refractivity contribution in [1.29, 1.82) is 0 Å². The molecule has 1 aromatic rings. The van der Waals surface area contributed by atoms with Crippen molar-refractivity contribution in [2.45, 2.75) is 45.1 Å². The molecular weight excluding hydrogens is 214 g/mol. The van der Waals surface area contributed by atoms with Gasteiger partial charge in [-0.3, -0.25) is 4.52 Å². The average molecular weight is 234 g/mol. The number of hydrogen-bond acceptors (Lipinski definition) is 3. The van der Waals surface area contributed by atoms with Crippen LogP contribution in [0.5, 0.6) is 0 Å². The van der Waals surface area contributed by atoms with E-state index in [2.05, 4.69) is 5.27 Å². The monoisotopic (exact) mass is 234 g/mol. The van der Waals surface area contributed by atoms with Gasteiger partial charge in [-0.25, -0.2) is 0 Å². The predicted molar refractivity (Wildman–Crippen MR) is 61.7 cm³/mol. The molecule has 0 aromatic carbocycles. The highest BCUT2D eigenvalue weighted by Gasteiger charge is 2.53. The maximum Gasteiger partial charge on any atom is 0.293 e. The summed E-state index contributed by atoms with van der Waals surface area (Å²) in [5.41, 5.74) is 6.10. The Labute approximate surface area is 101 Å². The van der Waals surface area contributed by atoms with E-state index in [0.29, 0.717) is 11.3 Å². The topological polar surface area (TPSA) is 55.9 Å². The Morgan fingerprint density at radius 1 is 1.24 bits per heavy atom. The van der Waals surface area contributed by atoms with Crippen LogP contribution in [0.3, 0.4) is 0 Å². The first-order chi connectivity index (χ1) is 8.21. The summed E-state index contributed by atoms with van der Waals surface area (Å²) in [6, 6.07) is 0. The van der Waals surface area contributed by atoms with Crippen LogP contribution < -0.4 is 10.4 Å². The molecular formula is C13H20N3O+. The zero-order valence-corrected chi connectivity index (χ0v) is 10.1. The first-order valence-corrected chi connectivity index (χ1v) is 6.83. The van der Waals surface area contributed by atoms with Gasteiger partial charge in [-0.15, -0.1) is 0 Å². The van der Waals surface area contributed by atoms with Crippen LogP contribution in [0.25, 0.3) is 0 Å². The van der Waals surface area contributed by atoms with Gasteiger partial charge >= 0.3 is 0 Å². The van der Waals surface area contributed by atoms with Gasteiger partial charge in [0.25, 0.3) is 12.1 Å². The second-order valence-corrected chi connectivity index (χ2v) is 6.72. The minimum absolute atomic E-state index is 0.426. The van der Waals surface area contributed by atoms with E-state index in [4.69, 9.17) is 10.3 Å². The normalized spacial score (nSPS) is 43.2. The van der Waals surface area contributed by atoms with Crippen LogP contribution in [0, 0.1) is 23.2 Å². The second-order valence-electron chi connectivity index (χ2n) is 6.72. The smallest absolute Gasteiger partial charge is 0.293 e. The minimum Gasteiger partial charge on any atom is -0.362 e. The first kappa shape index (κ1) is 9.92. The summed E-state index contributed by atoms with van der Waals surface area (Å²) in [7, 11) is 0. The van der Waals surface area contributed by atoms with E-state index in [1.807, 2.05) is 10.9 Å². The van der Waals surface area contributed by atoms with Crippen molar-refractivity contribution in [2.24, 2.45) is 23.2 Å². The van der Waals surface area contributed by atoms with E-state index >= 15 is 0 Å². The van der Waals surface area contributed by atoms with Crippen molar-refractivity contribution in [2.75, 3.05) is 5.73 Å². The van der Waals surface area contributed by atoms with Crippen molar-refractivity contribution in [3.8, 4) is 0 Å². The minimum atomic E-state index is 0.426. The highest BCUT2D eigenvalue weighted by atomic mass is 16.5. The lowest BCUT2D eigenvalue weighted by Gasteiger charge is -2.55. The Bertz CT molecular complexity index is 404. The highest BCUT2D eigenvalue weighted by Crippen LogP contribution is 2.60. The Morgan fingerprint density at radius 3 is 2.29 bits per heavy atom. The van der Waals surface area contributed by atoms with Gasteiger partial charge in [0.2, 0.25) is 5.27 Å². The summed E-state index contributed by atoms with van der Waals surface area (Å²) < 4.78 is 6.89. The molecule has 4 aliphatic carbocycles. The summed E-state index contributed by atoms with van der Waals surface area (Å²) in [5, 5.41) is 4.01. The van der Waals surface area contributed by atoms with Crippen LogP contribution >= 0.6 is 0 Å². The molecule has 4 fully saturated rings. The van der Waals surface area contributed by atoms with Gasteiger partial charge < -0.3 is 5.73 Å². The lowest BCUT2D eigenvalue weighted by atomic mass is 9.49. The highest BCUT2D eigenvalue weighted by molar-refractivity contribution is 5.11. The number of nitrogen functional groups attached to an aromatic ring is 1. The van der Waals surface area contributed by atoms with Crippen molar-refractivity contribution in [3.05, 3.63) is 6.20 Å². The first-order valence-electron chi connectivity index (χ1n) is 6.83. The fourth-order valence-corrected chi connectivity index (χ4v) is 5.20. The molecule has 0 atom stereocenters. The van der Waals surface area contributed by atoms with Gasteiger partial charge in [0.05, 0.1) is 0 Å². The maximum atomic E-state index is 5.60. The fraction of sp³-hybridized carbons (Fsp3) is 0.846. The molecule has 4 saturated carbocycles. The number of hydrogen-bond donors (Lipinski definition) is 1. The van der Waals surface area contributed by atoms with Crippen LogP contribution in [0.15, 0.2) is 10.7 Å². The summed E-state index contributed by atoms with van der Waals surface area (Å²) in [6.07, 6.45) is 10.5. The third-order valence-electron chi connectivity index (χ3n) is 5.19. The molecule has 1 heterocycles. The predicted octanol–water partition coefficient (Wildman–Crippen LogP) is 1.76. The Morgan fingerprint density at radius 2 is 1.82 bits per heavy atom. The van der Waals surface area contributed by atoms with E-state index in [-0.39, 0.29) is 0 Å². The molecule has 4 aliphatic rings. The molecule has 4 nitrogen and oxygen atoms in total. The van der Waals surface area contributed by atoms with Gasteiger partial charge in [0.1, 0.15) is 0 Å². The Hall–Kier alpha value is -1.06. The number of nitrogens with zero attached hydrogens (tertiary/aromatic N) is 2. The third-order valence-corrected chi connectivity index (χ3v) is 5.19. The SMILES string of the molecule is Nc1c[n+](CC23CC4CC(CC(C4)C2)C3)no1. The molecule has 1 aromatic heterocycles. The van der Waals surface area contributed by atoms with Crippen molar-refractivity contribution in [1.82, 2.24) is 5.27 Å². The van der Waals surface area contributed by atoms with Crippen LogP contribution in [-0.4, -0.2) is 5.27 Å². The Balaban J connectivity index is 1.60. The van der Waals surface area contributed by atoms with E-state index < -0.39 is 0 Å². The molecule has 5 rings (SSSR count). The van der Waals surface area contributed by atoms with Crippen LogP contribution in [0.1, 0.15) is 38.5 Å². The summed E-state index contributed by atoms with van der Waals surface area (Å²) >= 11 is 0. The molecule has 0 amide bonds. The molecule has 4 heteroatoms. The molecule has 92 valence electrons. The largest absolute Gasteiger partial charge is 0.362 e. The zero-order chi connectivity index (χ0) is 11.5. The average Bonchev–Trinajstić information content (AvgIpc) is 2.60. The summed E-state index contributed by atoms with van der Waals surface area (Å²) in [4.78, 5) is 0. The zero-order valence-electron chi connectivity index (χ0n) is 10.1. The van der Waals surface area contributed by atoms with E-state index in [9.17, 15) is 0 Å². The van der Waals surface area contributed by atoms with E-state index in [1.165, 1.54) is 38.5 Å². The van der Waals surface area contributed by atoms with Gasteiger partial charge in [0, 0.05) is 5.41 Å². The molecule has 0 unspecified atom stereocenters. The standard InChI is InChI=1S/C13H20N3O/c14-12-7-16(15-17-12)8-13-4-9-1-10(5-13)3-11(2-9)6-13/h7,9-11H,1-6,8,14H2/q+1. The van der Waals surface area contributed by atoms with Crippen molar-refractivity contribution in [3.63, 3.8) is 0 Å². The summed E-state index contributed by atoms with van der Waals surface area (Å²) in [6.45, 7) is 1.01. The quantitative estimate of drug-likeness (QED) is 0.793. The van der Waals surface area contributed by atoms with Crippen molar-refractivity contribution >= 4 is 5.88 Å². The van der Waals surface area contributed by atoms with Crippen molar-refractivity contribution < 1.29 is 9.20 Å². The Kier molecular flexibility index (Phi) is 1.89. The molecule has 0 aliphatic heterocycles. The van der Waals surface area contributed by atoms with E-state index in [0.717, 1.165) is 24.3 Å². The fourth-order valence-electron chi connectivity index (χ4n) is 5.20. The lowest BCUT2D eigenvalue weighted by Crippen LogP contribution is -2.53. The van der Waals surface area contributed by atoms with E-state index in [1.54, 1.807) is 0 Å². The summed E-state index contributed by atoms with van der Waals surface area (Å²) in [5.74, 6) is 3.40. The third kappa shape index (κ3) is 1.57. The lowest BCUT2D eigenvalue weighted by molar-refractivity contribution is -0.774. The molecule has 17 heavy (non-hydrogen) atoms. The molecule has 0 spiro atoms. The number of aromatic nitrogens is 2. The van der Waals surface area contributed by atoms with Gasteiger partial charge in [-0.2, -0.15) is 0 Å². The van der Waals surface area contributed by atoms with Crippen LogP contribution in [0.4, 0.5) is 5.88 Å². The molecule has 0 radical (unpaired) electrons. The maximum absolute atomic E-state index is 5.60. The molecule has 4 bridgehead atoms. The second kappa shape index (κ2) is 3.24. The number of nitrogens with two attached hydrogens (primary N) is 1. The van der Waals surface area contributed by atoms with Crippen LogP contribution in [0.2, 0.25) is 0 Å².